The van der Waals surface area contributed by atoms with E-state index in [1.54, 1.807) is 11.1 Å². The molecule has 0 aromatic heterocycles. The Labute approximate surface area is 191 Å². The predicted molar refractivity (Wildman–Crippen MR) is 138 cm³/mol. The van der Waals surface area contributed by atoms with E-state index >= 15 is 0 Å². The van der Waals surface area contributed by atoms with Crippen molar-refractivity contribution in [2.45, 2.75) is 70.6 Å². The van der Waals surface area contributed by atoms with Crippen molar-refractivity contribution in [1.82, 2.24) is 3.71 Å². The summed E-state index contributed by atoms with van der Waals surface area (Å²) in [7, 11) is 0.00641. The minimum absolute atomic E-state index is 0.00641. The molecule has 0 radical (unpaired) electrons. The Balaban J connectivity index is 1.52. The summed E-state index contributed by atoms with van der Waals surface area (Å²) in [4.78, 5) is 0. The highest BCUT2D eigenvalue weighted by Crippen LogP contribution is 2.46. The van der Waals surface area contributed by atoms with Gasteiger partial charge in [-0.3, -0.25) is 0 Å². The van der Waals surface area contributed by atoms with Crippen molar-refractivity contribution in [3.05, 3.63) is 81.8 Å². The first-order valence-electron chi connectivity index (χ1n) is 11.1. The maximum absolute atomic E-state index is 4.53. The lowest BCUT2D eigenvalue weighted by Crippen LogP contribution is -2.34. The van der Waals surface area contributed by atoms with Gasteiger partial charge >= 0.3 is 0 Å². The quantitative estimate of drug-likeness (QED) is 0.385. The summed E-state index contributed by atoms with van der Waals surface area (Å²) in [6.45, 7) is 12.9. The molecule has 2 aromatic carbocycles. The Morgan fingerprint density at radius 2 is 1.67 bits per heavy atom. The Morgan fingerprint density at radius 3 is 2.30 bits per heavy atom. The lowest BCUT2D eigenvalue weighted by atomic mass is 9.62. The molecule has 1 heterocycles. The van der Waals surface area contributed by atoms with Crippen LogP contribution in [0.1, 0.15) is 81.2 Å². The molecule has 3 heteroatoms. The van der Waals surface area contributed by atoms with Crippen molar-refractivity contribution in [1.29, 1.82) is 0 Å². The van der Waals surface area contributed by atoms with Crippen LogP contribution in [0.4, 0.5) is 0 Å². The molecule has 0 fully saturated rings. The number of benzene rings is 2. The van der Waals surface area contributed by atoms with Crippen molar-refractivity contribution in [2.24, 2.45) is 0 Å². The summed E-state index contributed by atoms with van der Waals surface area (Å²) in [6, 6.07) is 16.4. The first kappa shape index (κ1) is 21.9. The maximum atomic E-state index is 4.53. The van der Waals surface area contributed by atoms with Gasteiger partial charge in [-0.2, -0.15) is 3.71 Å². The molecule has 0 N–H and O–H groups in total. The van der Waals surface area contributed by atoms with E-state index in [1.165, 1.54) is 29.5 Å². The molecule has 0 amide bonds. The molecule has 1 nitrogen and oxygen atoms in total. The van der Waals surface area contributed by atoms with E-state index in [-0.39, 0.29) is 21.5 Å². The molecule has 1 aliphatic carbocycles. The van der Waals surface area contributed by atoms with Crippen LogP contribution in [0, 0.1) is 0 Å². The van der Waals surface area contributed by atoms with E-state index in [4.69, 9.17) is 0 Å². The van der Waals surface area contributed by atoms with Gasteiger partial charge in [0.15, 0.2) is 0 Å². The van der Waals surface area contributed by atoms with Gasteiger partial charge < -0.3 is 0 Å². The van der Waals surface area contributed by atoms with E-state index in [0.29, 0.717) is 5.92 Å². The second-order valence-corrected chi connectivity index (χ2v) is 12.7. The van der Waals surface area contributed by atoms with E-state index in [1.807, 2.05) is 0 Å². The number of thiol groups is 1. The number of nitrogens with zero attached hydrogens (tertiary/aromatic N) is 1. The topological polar surface area (TPSA) is 3.24 Å². The van der Waals surface area contributed by atoms with Gasteiger partial charge in [0.25, 0.3) is 0 Å². The number of hydrogen-bond acceptors (Lipinski definition) is 2. The highest BCUT2D eigenvalue weighted by atomic mass is 32.2. The number of rotatable bonds is 4. The van der Waals surface area contributed by atoms with Gasteiger partial charge in [0.1, 0.15) is 0 Å². The van der Waals surface area contributed by atoms with Crippen LogP contribution in [0.25, 0.3) is 0 Å². The third-order valence-corrected chi connectivity index (χ3v) is 9.31. The molecular formula is C27H35NS2. The molecule has 2 aliphatic rings. The molecule has 2 unspecified atom stereocenters. The molecule has 0 bridgehead atoms. The fraction of sp³-hybridized carbons (Fsp3) is 0.444. The van der Waals surface area contributed by atoms with Crippen LogP contribution in [0.15, 0.2) is 53.9 Å². The number of fused-ring (bicyclic) bond motifs is 1. The Kier molecular flexibility index (Phi) is 6.09. The smallest absolute Gasteiger partial charge is 0.0387 e. The molecule has 1 aliphatic heterocycles. The average molecular weight is 438 g/mol. The summed E-state index contributed by atoms with van der Waals surface area (Å²) in [5.41, 5.74) is 7.83. The van der Waals surface area contributed by atoms with Gasteiger partial charge in [-0.25, -0.2) is 0 Å². The zero-order valence-electron chi connectivity index (χ0n) is 19.0. The molecule has 4 rings (SSSR count). The van der Waals surface area contributed by atoms with Crippen LogP contribution >= 0.6 is 23.5 Å². The van der Waals surface area contributed by atoms with Gasteiger partial charge in [0.2, 0.25) is 0 Å². The van der Waals surface area contributed by atoms with E-state index in [2.05, 4.69) is 110 Å². The molecule has 160 valence electrons. The Morgan fingerprint density at radius 1 is 1.00 bits per heavy atom. The van der Waals surface area contributed by atoms with Crippen LogP contribution in [0.5, 0.6) is 0 Å². The minimum Gasteiger partial charge on any atom is -0.196 e. The first-order valence-corrected chi connectivity index (χ1v) is 12.8. The van der Waals surface area contributed by atoms with Crippen LogP contribution in [-0.4, -0.2) is 15.6 Å². The maximum Gasteiger partial charge on any atom is 0.0387 e. The van der Waals surface area contributed by atoms with Crippen molar-refractivity contribution < 1.29 is 0 Å². The summed E-state index contributed by atoms with van der Waals surface area (Å²) >= 11 is 4.53. The predicted octanol–water partition coefficient (Wildman–Crippen LogP) is 7.39. The van der Waals surface area contributed by atoms with Gasteiger partial charge in [-0.15, -0.1) is 0 Å². The SMILES string of the molecule is CC(Cc1ccc(/C=S2\C=CCN2S)cc1)c1ccc2c(c1)C(C)(C)CCC2(C)C. The summed E-state index contributed by atoms with van der Waals surface area (Å²) in [6.07, 6.45) is 5.80. The van der Waals surface area contributed by atoms with Gasteiger partial charge in [-0.1, -0.05) is 107 Å². The normalized spacial score (nSPS) is 23.5. The van der Waals surface area contributed by atoms with Crippen molar-refractivity contribution in [2.75, 3.05) is 6.54 Å². The standard InChI is InChI=1S/C27H35NS2/c1-20(17-21-7-9-22(10-8-21)19-30-16-6-15-28(30)29)23-11-12-24-25(18-23)27(4,5)14-13-26(24,2)3/h6-12,16,18-20,29H,13-15,17H2,1-5H3. The zero-order chi connectivity index (χ0) is 21.5. The van der Waals surface area contributed by atoms with Crippen LogP contribution in [0.3, 0.4) is 0 Å². The molecule has 0 saturated heterocycles. The summed E-state index contributed by atoms with van der Waals surface area (Å²) in [5, 5.41) is 4.54. The van der Waals surface area contributed by atoms with Crippen molar-refractivity contribution in [3.63, 3.8) is 0 Å². The molecule has 30 heavy (non-hydrogen) atoms. The highest BCUT2D eigenvalue weighted by Gasteiger charge is 2.37. The van der Waals surface area contributed by atoms with Gasteiger partial charge in [-0.05, 0) is 74.6 Å². The summed E-state index contributed by atoms with van der Waals surface area (Å²) in [5.74, 6) is 0.513. The van der Waals surface area contributed by atoms with E-state index < -0.39 is 0 Å². The third kappa shape index (κ3) is 4.49. The lowest BCUT2D eigenvalue weighted by molar-refractivity contribution is 0.331. The molecule has 2 aromatic rings. The largest absolute Gasteiger partial charge is 0.196 e. The highest BCUT2D eigenvalue weighted by molar-refractivity contribution is 8.20. The van der Waals surface area contributed by atoms with Crippen LogP contribution in [0.2, 0.25) is 0 Å². The Hall–Kier alpha value is -1.29. The van der Waals surface area contributed by atoms with Crippen molar-refractivity contribution >= 4 is 28.9 Å². The van der Waals surface area contributed by atoms with Crippen molar-refractivity contribution in [3.8, 4) is 0 Å². The van der Waals surface area contributed by atoms with Gasteiger partial charge in [0, 0.05) is 6.54 Å². The number of hydrogen-bond donors (Lipinski definition) is 1. The second-order valence-electron chi connectivity index (χ2n) is 10.3. The first-order chi connectivity index (χ1) is 14.2. The second kappa shape index (κ2) is 8.33. The molecule has 0 spiro atoms. The van der Waals surface area contributed by atoms with E-state index in [9.17, 15) is 0 Å². The fourth-order valence-electron chi connectivity index (χ4n) is 4.74. The molecule has 2 atom stereocenters. The Bertz CT molecular complexity index is 982. The van der Waals surface area contributed by atoms with Crippen LogP contribution in [-0.2, 0) is 17.3 Å². The monoisotopic (exact) mass is 437 g/mol. The fourth-order valence-corrected chi connectivity index (χ4v) is 6.46. The van der Waals surface area contributed by atoms with Crippen LogP contribution < -0.4 is 0 Å². The lowest BCUT2D eigenvalue weighted by Gasteiger charge is -2.42. The summed E-state index contributed by atoms with van der Waals surface area (Å²) < 4.78 is 2.08. The molecule has 0 saturated carbocycles. The minimum atomic E-state index is 0.00641. The van der Waals surface area contributed by atoms with E-state index in [0.717, 1.165) is 13.0 Å². The average Bonchev–Trinajstić information content (AvgIpc) is 3.11. The van der Waals surface area contributed by atoms with Gasteiger partial charge in [0.05, 0.1) is 0 Å². The third-order valence-electron chi connectivity index (χ3n) is 6.96. The zero-order valence-corrected chi connectivity index (χ0v) is 20.7. The molecular weight excluding hydrogens is 402 g/mol.